The van der Waals surface area contributed by atoms with Crippen molar-refractivity contribution >= 4 is 58.0 Å². The third kappa shape index (κ3) is 10.8. The monoisotopic (exact) mass is 724 g/mol. The smallest absolute Gasteiger partial charge is 0.126 e. The zero-order valence-corrected chi connectivity index (χ0v) is 27.7. The molecule has 46 heavy (non-hydrogen) atoms. The van der Waals surface area contributed by atoms with Crippen molar-refractivity contribution in [2.24, 2.45) is 0 Å². The summed E-state index contributed by atoms with van der Waals surface area (Å²) >= 11 is 29.3. The van der Waals surface area contributed by atoms with Gasteiger partial charge in [0.2, 0.25) is 0 Å². The lowest BCUT2D eigenvalue weighted by Gasteiger charge is -2.13. The van der Waals surface area contributed by atoms with Crippen molar-refractivity contribution in [2.45, 2.75) is 26.1 Å². The highest BCUT2D eigenvalue weighted by molar-refractivity contribution is 6.32. The Morgan fingerprint density at radius 3 is 1.07 bits per heavy atom. The second-order valence-corrected chi connectivity index (χ2v) is 12.0. The maximum absolute atomic E-state index is 10.7. The van der Waals surface area contributed by atoms with Crippen LogP contribution in [0.4, 0.5) is 0 Å². The van der Waals surface area contributed by atoms with Crippen LogP contribution in [0, 0.1) is 0 Å². The molecule has 5 aromatic rings. The lowest BCUT2D eigenvalue weighted by Crippen LogP contribution is -1.96. The summed E-state index contributed by atoms with van der Waals surface area (Å²) in [6.45, 7) is -0.585. The molecule has 0 spiro atoms. The fourth-order valence-corrected chi connectivity index (χ4v) is 5.23. The zero-order valence-electron chi connectivity index (χ0n) is 23.9. The molecule has 0 radical (unpaired) electrons. The van der Waals surface area contributed by atoms with Crippen molar-refractivity contribution in [3.63, 3.8) is 0 Å². The van der Waals surface area contributed by atoms with Gasteiger partial charge in [-0.15, -0.1) is 0 Å². The Morgan fingerprint density at radius 2 is 0.696 bits per heavy atom. The Balaban J connectivity index is 0.000000236. The summed E-state index contributed by atoms with van der Waals surface area (Å²) in [6.07, 6.45) is 0.515. The Labute approximate surface area is 290 Å². The first kappa shape index (κ1) is 36.9. The van der Waals surface area contributed by atoms with Gasteiger partial charge in [-0.3, -0.25) is 0 Å². The quantitative estimate of drug-likeness (QED) is 0.0926. The average molecular weight is 727 g/mol. The maximum Gasteiger partial charge on any atom is 0.126 e. The standard InChI is InChI=1S/C20H15Cl3O3.C8H9ClO3.C6H5ClO/c21-15-1-3-18(24)11(7-15)5-13-9-17(23)10-14(20(13)26)6-12-8-16(22)2-4-19(12)25;9-7-1-5(3-10)8(12)6(2-7)4-11;7-5-1-3-6(8)4-2-5/h1-4,7-10,24-26H,5-6H2;1-2,10-12H,3-4H2;1-4,8H. The lowest BCUT2D eigenvalue weighted by atomic mass is 9.97. The van der Waals surface area contributed by atoms with Crippen LogP contribution in [0.2, 0.25) is 25.1 Å². The van der Waals surface area contributed by atoms with Crippen molar-refractivity contribution in [1.29, 1.82) is 0 Å². The molecule has 5 rings (SSSR count). The third-order valence-electron chi connectivity index (χ3n) is 6.48. The highest BCUT2D eigenvalue weighted by Crippen LogP contribution is 2.35. The molecule has 0 fully saturated rings. The van der Waals surface area contributed by atoms with E-state index in [4.69, 9.17) is 73.3 Å². The molecule has 0 atom stereocenters. The summed E-state index contributed by atoms with van der Waals surface area (Å²) in [5.74, 6) is 0.373. The number of hydrogen-bond acceptors (Lipinski definition) is 7. The summed E-state index contributed by atoms with van der Waals surface area (Å²) in [6, 6.07) is 22.0. The number of rotatable bonds is 6. The topological polar surface area (TPSA) is 142 Å². The number of phenolic OH excluding ortho intramolecular Hbond substituents is 4. The largest absolute Gasteiger partial charge is 0.508 e. The first-order valence-corrected chi connectivity index (χ1v) is 15.3. The van der Waals surface area contributed by atoms with Crippen molar-refractivity contribution in [3.8, 4) is 28.7 Å². The molecule has 7 nitrogen and oxygen atoms in total. The normalized spacial score (nSPS) is 10.4. The molecule has 0 saturated carbocycles. The number of aliphatic hydroxyl groups is 2. The van der Waals surface area contributed by atoms with Gasteiger partial charge in [-0.05, 0) is 96.1 Å². The first-order valence-electron chi connectivity index (χ1n) is 13.4. The number of aromatic hydroxyl groups is 5. The summed E-state index contributed by atoms with van der Waals surface area (Å²) in [5.41, 5.74) is 2.90. The van der Waals surface area contributed by atoms with Gasteiger partial charge in [-0.1, -0.05) is 58.0 Å². The number of hydrogen-bond donors (Lipinski definition) is 7. The van der Waals surface area contributed by atoms with Gasteiger partial charge >= 0.3 is 0 Å². The minimum Gasteiger partial charge on any atom is -0.508 e. The number of halogens is 5. The number of benzene rings is 5. The molecule has 0 saturated heterocycles. The molecule has 0 amide bonds. The maximum atomic E-state index is 10.7. The van der Waals surface area contributed by atoms with Gasteiger partial charge in [-0.25, -0.2) is 0 Å². The van der Waals surface area contributed by atoms with Crippen LogP contribution < -0.4 is 0 Å². The minimum absolute atomic E-state index is 0.0492. The molecule has 5 aromatic carbocycles. The molecule has 0 aliphatic heterocycles. The molecule has 12 heteroatoms. The molecule has 242 valence electrons. The Kier molecular flexibility index (Phi) is 14.0. The predicted molar refractivity (Wildman–Crippen MR) is 183 cm³/mol. The molecule has 0 bridgehead atoms. The second-order valence-electron chi connectivity index (χ2n) is 9.84. The van der Waals surface area contributed by atoms with Crippen LogP contribution in [0.15, 0.2) is 84.9 Å². The van der Waals surface area contributed by atoms with Crippen molar-refractivity contribution in [1.82, 2.24) is 0 Å². The van der Waals surface area contributed by atoms with Gasteiger partial charge in [0.25, 0.3) is 0 Å². The van der Waals surface area contributed by atoms with Crippen LogP contribution in [-0.2, 0) is 26.1 Å². The molecule has 0 aromatic heterocycles. The van der Waals surface area contributed by atoms with Crippen LogP contribution in [0.1, 0.15) is 33.4 Å². The van der Waals surface area contributed by atoms with Gasteiger partial charge < -0.3 is 35.7 Å². The summed E-state index contributed by atoms with van der Waals surface area (Å²) in [4.78, 5) is 0. The fourth-order valence-electron chi connectivity index (χ4n) is 4.19. The summed E-state index contributed by atoms with van der Waals surface area (Å²) in [5, 5.41) is 68.7. The summed E-state index contributed by atoms with van der Waals surface area (Å²) < 4.78 is 0. The molecule has 0 aliphatic carbocycles. The minimum atomic E-state index is -0.292. The molecular weight excluding hydrogens is 698 g/mol. The van der Waals surface area contributed by atoms with Crippen LogP contribution in [0.25, 0.3) is 0 Å². The van der Waals surface area contributed by atoms with E-state index in [0.717, 1.165) is 0 Å². The van der Waals surface area contributed by atoms with Gasteiger partial charge in [0.1, 0.15) is 28.7 Å². The Bertz CT molecular complexity index is 1660. The van der Waals surface area contributed by atoms with Gasteiger partial charge in [0.15, 0.2) is 0 Å². The Hall–Kier alpha value is -3.53. The van der Waals surface area contributed by atoms with E-state index in [2.05, 4.69) is 0 Å². The van der Waals surface area contributed by atoms with E-state index in [1.54, 1.807) is 60.7 Å². The van der Waals surface area contributed by atoms with E-state index >= 15 is 0 Å². The van der Waals surface area contributed by atoms with Crippen molar-refractivity contribution in [3.05, 3.63) is 143 Å². The van der Waals surface area contributed by atoms with Crippen LogP contribution in [0.3, 0.4) is 0 Å². The van der Waals surface area contributed by atoms with E-state index in [9.17, 15) is 20.4 Å². The summed E-state index contributed by atoms with van der Waals surface area (Å²) in [7, 11) is 0. The highest BCUT2D eigenvalue weighted by atomic mass is 35.5. The van der Waals surface area contributed by atoms with Gasteiger partial charge in [-0.2, -0.15) is 0 Å². The number of aliphatic hydroxyl groups excluding tert-OH is 2. The second kappa shape index (κ2) is 17.4. The third-order valence-corrected chi connectivity index (χ3v) is 7.64. The Morgan fingerprint density at radius 1 is 0.370 bits per heavy atom. The SMILES string of the molecule is OCc1cc(Cl)cc(CO)c1O.Oc1ccc(Cl)cc1.Oc1ccc(Cl)cc1Cc1cc(Cl)cc(Cc2cc(Cl)ccc2O)c1O. The van der Waals surface area contributed by atoms with E-state index in [1.165, 1.54) is 24.3 Å². The highest BCUT2D eigenvalue weighted by Gasteiger charge is 2.15. The lowest BCUT2D eigenvalue weighted by molar-refractivity contribution is 0.264. The van der Waals surface area contributed by atoms with Gasteiger partial charge in [0, 0.05) is 60.2 Å². The van der Waals surface area contributed by atoms with Crippen LogP contribution in [-0.4, -0.2) is 35.7 Å². The van der Waals surface area contributed by atoms with Gasteiger partial charge in [0.05, 0.1) is 13.2 Å². The average Bonchev–Trinajstić information content (AvgIpc) is 3.02. The molecule has 7 N–H and O–H groups in total. The predicted octanol–water partition coefficient (Wildman–Crippen LogP) is 9.02. The van der Waals surface area contributed by atoms with E-state index in [1.807, 2.05) is 0 Å². The van der Waals surface area contributed by atoms with Crippen molar-refractivity contribution < 1.29 is 35.7 Å². The van der Waals surface area contributed by atoms with E-state index < -0.39 is 0 Å². The van der Waals surface area contributed by atoms with Crippen LogP contribution in [0.5, 0.6) is 28.7 Å². The molecule has 0 heterocycles. The fraction of sp³-hybridized carbons (Fsp3) is 0.118. The molecular formula is C34H29Cl5O7. The van der Waals surface area contributed by atoms with Crippen LogP contribution >= 0.6 is 58.0 Å². The zero-order chi connectivity index (χ0) is 34.0. The van der Waals surface area contributed by atoms with E-state index in [0.29, 0.717) is 58.5 Å². The van der Waals surface area contributed by atoms with E-state index in [-0.39, 0.29) is 54.8 Å². The molecule has 0 unspecified atom stereocenters. The molecule has 0 aliphatic rings. The number of phenols is 5. The van der Waals surface area contributed by atoms with Crippen molar-refractivity contribution in [2.75, 3.05) is 0 Å². The first-order chi connectivity index (χ1) is 21.8.